The Kier molecular flexibility index (Phi) is 5.28. The van der Waals surface area contributed by atoms with E-state index in [-0.39, 0.29) is 6.10 Å². The van der Waals surface area contributed by atoms with Crippen LogP contribution in [0.1, 0.15) is 24.8 Å². The highest BCUT2D eigenvalue weighted by molar-refractivity contribution is 9.10. The smallest absolute Gasteiger partial charge is 0.176 e. The Bertz CT molecular complexity index is 460. The Morgan fingerprint density at radius 1 is 1.42 bits per heavy atom. The van der Waals surface area contributed by atoms with Crippen molar-refractivity contribution in [1.82, 2.24) is 5.32 Å². The van der Waals surface area contributed by atoms with Crippen molar-refractivity contribution >= 4 is 15.9 Å². The standard InChI is InChI=1S/C15H20BrNO2/c1-17-10-11-8-13(16)15(14(9-11)18-2)19-12-6-4-3-5-7-12/h4,6,8-9,12,17H,3,5,7,10H2,1-2H3. The number of nitrogens with one attached hydrogen (secondary N) is 1. The average molecular weight is 326 g/mol. The molecule has 0 amide bonds. The summed E-state index contributed by atoms with van der Waals surface area (Å²) in [6.45, 7) is 0.804. The highest BCUT2D eigenvalue weighted by Crippen LogP contribution is 2.38. The van der Waals surface area contributed by atoms with Crippen LogP contribution < -0.4 is 14.8 Å². The maximum atomic E-state index is 6.06. The molecular formula is C15H20BrNO2. The average Bonchev–Trinajstić information content (AvgIpc) is 2.43. The Hall–Kier alpha value is -1.00. The van der Waals surface area contributed by atoms with Crippen LogP contribution in [0, 0.1) is 0 Å². The van der Waals surface area contributed by atoms with E-state index in [1.54, 1.807) is 7.11 Å². The van der Waals surface area contributed by atoms with E-state index in [4.69, 9.17) is 9.47 Å². The molecule has 104 valence electrons. The monoisotopic (exact) mass is 325 g/mol. The second-order valence-electron chi connectivity index (χ2n) is 4.65. The van der Waals surface area contributed by atoms with Gasteiger partial charge in [-0.2, -0.15) is 0 Å². The quantitative estimate of drug-likeness (QED) is 0.838. The Balaban J connectivity index is 2.22. The van der Waals surface area contributed by atoms with Crippen molar-refractivity contribution in [3.8, 4) is 11.5 Å². The lowest BCUT2D eigenvalue weighted by atomic mass is 10.1. The molecule has 0 fully saturated rings. The molecule has 0 bridgehead atoms. The fourth-order valence-corrected chi connectivity index (χ4v) is 2.81. The Morgan fingerprint density at radius 2 is 2.26 bits per heavy atom. The molecule has 2 rings (SSSR count). The van der Waals surface area contributed by atoms with Crippen molar-refractivity contribution in [3.63, 3.8) is 0 Å². The molecule has 1 aliphatic rings. The van der Waals surface area contributed by atoms with Crippen molar-refractivity contribution in [2.45, 2.75) is 31.9 Å². The van der Waals surface area contributed by atoms with E-state index in [9.17, 15) is 0 Å². The molecule has 0 aliphatic heterocycles. The first-order chi connectivity index (χ1) is 9.24. The SMILES string of the molecule is CNCc1cc(Br)c(OC2C=CCCC2)c(OC)c1. The molecule has 0 heterocycles. The maximum Gasteiger partial charge on any atom is 0.176 e. The lowest BCUT2D eigenvalue weighted by Crippen LogP contribution is -2.16. The number of hydrogen-bond donors (Lipinski definition) is 1. The molecule has 0 spiro atoms. The van der Waals surface area contributed by atoms with Crippen molar-refractivity contribution in [1.29, 1.82) is 0 Å². The van der Waals surface area contributed by atoms with Gasteiger partial charge in [0, 0.05) is 6.54 Å². The number of halogens is 1. The van der Waals surface area contributed by atoms with Crippen LogP contribution in [0.25, 0.3) is 0 Å². The van der Waals surface area contributed by atoms with Crippen LogP contribution in [0.3, 0.4) is 0 Å². The summed E-state index contributed by atoms with van der Waals surface area (Å²) in [5, 5.41) is 3.13. The van der Waals surface area contributed by atoms with Crippen molar-refractivity contribution in [3.05, 3.63) is 34.3 Å². The van der Waals surface area contributed by atoms with Crippen LogP contribution in [0.4, 0.5) is 0 Å². The maximum absolute atomic E-state index is 6.06. The first kappa shape index (κ1) is 14.4. The lowest BCUT2D eigenvalue weighted by Gasteiger charge is -2.21. The minimum absolute atomic E-state index is 0.147. The highest BCUT2D eigenvalue weighted by atomic mass is 79.9. The summed E-state index contributed by atoms with van der Waals surface area (Å²) in [4.78, 5) is 0. The summed E-state index contributed by atoms with van der Waals surface area (Å²) < 4.78 is 12.5. The second kappa shape index (κ2) is 6.96. The second-order valence-corrected chi connectivity index (χ2v) is 5.51. The van der Waals surface area contributed by atoms with E-state index in [1.807, 2.05) is 13.1 Å². The van der Waals surface area contributed by atoms with Crippen LogP contribution in [0.2, 0.25) is 0 Å². The highest BCUT2D eigenvalue weighted by Gasteiger charge is 2.16. The van der Waals surface area contributed by atoms with Gasteiger partial charge in [-0.25, -0.2) is 0 Å². The third-order valence-electron chi connectivity index (χ3n) is 3.15. The number of allylic oxidation sites excluding steroid dienone is 1. The molecule has 3 nitrogen and oxygen atoms in total. The van der Waals surface area contributed by atoms with Crippen molar-refractivity contribution < 1.29 is 9.47 Å². The molecular weight excluding hydrogens is 306 g/mol. The van der Waals surface area contributed by atoms with E-state index in [0.717, 1.165) is 40.9 Å². The van der Waals surface area contributed by atoms with Crippen LogP contribution in [-0.4, -0.2) is 20.3 Å². The molecule has 1 aliphatic carbocycles. The molecule has 1 N–H and O–H groups in total. The summed E-state index contributed by atoms with van der Waals surface area (Å²) in [6, 6.07) is 4.09. The van der Waals surface area contributed by atoms with Gasteiger partial charge in [0.25, 0.3) is 0 Å². The van der Waals surface area contributed by atoms with E-state index < -0.39 is 0 Å². The first-order valence-corrected chi connectivity index (χ1v) is 7.38. The number of methoxy groups -OCH3 is 1. The summed E-state index contributed by atoms with van der Waals surface area (Å²) in [6.07, 6.45) is 7.86. The summed E-state index contributed by atoms with van der Waals surface area (Å²) >= 11 is 3.58. The van der Waals surface area contributed by atoms with Gasteiger partial charge in [-0.3, -0.25) is 0 Å². The van der Waals surface area contributed by atoms with E-state index in [0.29, 0.717) is 0 Å². The predicted octanol–water partition coefficient (Wildman–Crippen LogP) is 3.66. The molecule has 0 radical (unpaired) electrons. The van der Waals surface area contributed by atoms with Gasteiger partial charge in [-0.05, 0) is 66.0 Å². The Morgan fingerprint density at radius 3 is 2.89 bits per heavy atom. The molecule has 0 saturated heterocycles. The number of rotatable bonds is 5. The Labute approximate surface area is 123 Å². The molecule has 0 saturated carbocycles. The molecule has 0 aromatic heterocycles. The number of ether oxygens (including phenoxy) is 2. The predicted molar refractivity (Wildman–Crippen MR) is 80.9 cm³/mol. The topological polar surface area (TPSA) is 30.5 Å². The van der Waals surface area contributed by atoms with Crippen LogP contribution in [0.15, 0.2) is 28.8 Å². The van der Waals surface area contributed by atoms with E-state index in [1.165, 1.54) is 6.42 Å². The van der Waals surface area contributed by atoms with Gasteiger partial charge in [-0.15, -0.1) is 0 Å². The molecule has 4 heteroatoms. The third kappa shape index (κ3) is 3.74. The van der Waals surface area contributed by atoms with E-state index in [2.05, 4.69) is 39.5 Å². The van der Waals surface area contributed by atoms with Crippen molar-refractivity contribution in [2.75, 3.05) is 14.2 Å². The van der Waals surface area contributed by atoms with Crippen LogP contribution >= 0.6 is 15.9 Å². The van der Waals surface area contributed by atoms with Gasteiger partial charge in [0.05, 0.1) is 11.6 Å². The van der Waals surface area contributed by atoms with Gasteiger partial charge >= 0.3 is 0 Å². The molecule has 1 unspecified atom stereocenters. The fourth-order valence-electron chi connectivity index (χ4n) is 2.22. The molecule has 1 atom stereocenters. The van der Waals surface area contributed by atoms with Gasteiger partial charge in [0.2, 0.25) is 0 Å². The summed E-state index contributed by atoms with van der Waals surface area (Å²) in [5.41, 5.74) is 1.16. The van der Waals surface area contributed by atoms with Gasteiger partial charge < -0.3 is 14.8 Å². The minimum atomic E-state index is 0.147. The van der Waals surface area contributed by atoms with Gasteiger partial charge in [0.15, 0.2) is 11.5 Å². The minimum Gasteiger partial charge on any atom is -0.493 e. The molecule has 1 aromatic rings. The lowest BCUT2D eigenvalue weighted by molar-refractivity contribution is 0.218. The normalized spacial score (nSPS) is 18.4. The summed E-state index contributed by atoms with van der Waals surface area (Å²) in [5.74, 6) is 1.57. The number of hydrogen-bond acceptors (Lipinski definition) is 3. The van der Waals surface area contributed by atoms with Crippen molar-refractivity contribution in [2.24, 2.45) is 0 Å². The van der Waals surface area contributed by atoms with E-state index >= 15 is 0 Å². The summed E-state index contributed by atoms with van der Waals surface area (Å²) in [7, 11) is 3.60. The zero-order valence-electron chi connectivity index (χ0n) is 11.4. The molecule has 19 heavy (non-hydrogen) atoms. The first-order valence-electron chi connectivity index (χ1n) is 6.59. The fraction of sp³-hybridized carbons (Fsp3) is 0.467. The van der Waals surface area contributed by atoms with Gasteiger partial charge in [0.1, 0.15) is 6.10 Å². The largest absolute Gasteiger partial charge is 0.493 e. The zero-order valence-corrected chi connectivity index (χ0v) is 13.0. The van der Waals surface area contributed by atoms with Gasteiger partial charge in [-0.1, -0.05) is 6.08 Å². The molecule has 1 aromatic carbocycles. The van der Waals surface area contributed by atoms with Crippen LogP contribution in [-0.2, 0) is 6.54 Å². The van der Waals surface area contributed by atoms with Crippen LogP contribution in [0.5, 0.6) is 11.5 Å². The third-order valence-corrected chi connectivity index (χ3v) is 3.74. The number of benzene rings is 1. The zero-order chi connectivity index (χ0) is 13.7.